The zero-order valence-corrected chi connectivity index (χ0v) is 15.9. The Labute approximate surface area is 150 Å². The number of benzene rings is 1. The van der Waals surface area contributed by atoms with Crippen LogP contribution in [-0.4, -0.2) is 46.3 Å². The zero-order chi connectivity index (χ0) is 17.8. The van der Waals surface area contributed by atoms with E-state index in [9.17, 15) is 0 Å². The van der Waals surface area contributed by atoms with Crippen LogP contribution < -0.4 is 4.90 Å². The summed E-state index contributed by atoms with van der Waals surface area (Å²) in [5, 5.41) is 12.6. The normalized spacial score (nSPS) is 17.0. The van der Waals surface area contributed by atoms with Crippen LogP contribution in [0.4, 0.5) is 5.69 Å². The van der Waals surface area contributed by atoms with E-state index in [1.165, 1.54) is 43.4 Å². The average molecular weight is 342 g/mol. The third-order valence-electron chi connectivity index (χ3n) is 5.33. The molecule has 1 fully saturated rings. The molecule has 1 aromatic heterocycles. The first-order valence-electron chi connectivity index (χ1n) is 9.30. The molecule has 0 aliphatic heterocycles. The van der Waals surface area contributed by atoms with Crippen molar-refractivity contribution in [3.8, 4) is 0 Å². The van der Waals surface area contributed by atoms with Crippen molar-refractivity contribution in [2.45, 2.75) is 57.7 Å². The zero-order valence-electron chi connectivity index (χ0n) is 15.9. The Morgan fingerprint density at radius 2 is 1.92 bits per heavy atom. The van der Waals surface area contributed by atoms with Crippen molar-refractivity contribution >= 4 is 5.69 Å². The van der Waals surface area contributed by atoms with Gasteiger partial charge in [-0.1, -0.05) is 31.4 Å². The van der Waals surface area contributed by atoms with E-state index in [4.69, 9.17) is 0 Å². The average Bonchev–Trinajstić information content (AvgIpc) is 3.11. The summed E-state index contributed by atoms with van der Waals surface area (Å²) in [5.41, 5.74) is 2.53. The minimum absolute atomic E-state index is 0.180. The molecule has 0 saturated heterocycles. The topological polar surface area (TPSA) is 50.1 Å². The van der Waals surface area contributed by atoms with Crippen molar-refractivity contribution in [1.82, 2.24) is 25.1 Å². The van der Waals surface area contributed by atoms with Crippen molar-refractivity contribution < 1.29 is 0 Å². The van der Waals surface area contributed by atoms with E-state index in [0.29, 0.717) is 6.04 Å². The molecule has 1 aromatic carbocycles. The Morgan fingerprint density at radius 3 is 2.64 bits per heavy atom. The molecule has 1 aliphatic carbocycles. The SMILES string of the molecule is C[C@@H](c1nnnn1C1CCCCC1)N(C)Cc1cccc(N(C)C)c1. The lowest BCUT2D eigenvalue weighted by atomic mass is 9.95. The monoisotopic (exact) mass is 342 g/mol. The number of aromatic nitrogens is 4. The summed E-state index contributed by atoms with van der Waals surface area (Å²) in [6, 6.07) is 9.33. The molecule has 1 aliphatic rings. The molecule has 3 rings (SSSR count). The van der Waals surface area contributed by atoms with E-state index in [1.54, 1.807) is 0 Å². The summed E-state index contributed by atoms with van der Waals surface area (Å²) in [4.78, 5) is 4.45. The molecule has 0 radical (unpaired) electrons. The maximum absolute atomic E-state index is 4.35. The molecule has 1 heterocycles. The molecule has 1 atom stereocenters. The van der Waals surface area contributed by atoms with E-state index >= 15 is 0 Å². The fourth-order valence-electron chi connectivity index (χ4n) is 3.62. The molecular weight excluding hydrogens is 312 g/mol. The first-order valence-corrected chi connectivity index (χ1v) is 9.30. The van der Waals surface area contributed by atoms with Gasteiger partial charge in [0.05, 0.1) is 12.1 Å². The predicted molar refractivity (Wildman–Crippen MR) is 101 cm³/mol. The van der Waals surface area contributed by atoms with Crippen LogP contribution in [0.5, 0.6) is 0 Å². The minimum Gasteiger partial charge on any atom is -0.378 e. The highest BCUT2D eigenvalue weighted by molar-refractivity contribution is 5.47. The second kappa shape index (κ2) is 7.95. The number of tetrazole rings is 1. The lowest BCUT2D eigenvalue weighted by molar-refractivity contribution is 0.223. The van der Waals surface area contributed by atoms with E-state index in [0.717, 1.165) is 12.4 Å². The molecule has 0 spiro atoms. The number of hydrogen-bond acceptors (Lipinski definition) is 5. The summed E-state index contributed by atoms with van der Waals surface area (Å²) in [7, 11) is 6.29. The van der Waals surface area contributed by atoms with Crippen LogP contribution in [0, 0.1) is 0 Å². The van der Waals surface area contributed by atoms with E-state index in [1.807, 2.05) is 0 Å². The minimum atomic E-state index is 0.180. The van der Waals surface area contributed by atoms with Crippen LogP contribution in [0.25, 0.3) is 0 Å². The molecule has 2 aromatic rings. The summed E-state index contributed by atoms with van der Waals surface area (Å²) < 4.78 is 2.08. The predicted octanol–water partition coefficient (Wildman–Crippen LogP) is 3.44. The summed E-state index contributed by atoms with van der Waals surface area (Å²) in [5.74, 6) is 0.984. The van der Waals surface area contributed by atoms with Crippen molar-refractivity contribution in [1.29, 1.82) is 0 Å². The Morgan fingerprint density at radius 1 is 1.16 bits per heavy atom. The maximum atomic E-state index is 4.35. The largest absolute Gasteiger partial charge is 0.378 e. The van der Waals surface area contributed by atoms with Gasteiger partial charge in [0, 0.05) is 26.3 Å². The summed E-state index contributed by atoms with van der Waals surface area (Å²) in [6.45, 7) is 3.07. The highest BCUT2D eigenvalue weighted by atomic mass is 15.6. The highest BCUT2D eigenvalue weighted by Gasteiger charge is 2.25. The summed E-state index contributed by atoms with van der Waals surface area (Å²) >= 11 is 0. The van der Waals surface area contributed by atoms with Crippen molar-refractivity contribution in [2.24, 2.45) is 0 Å². The van der Waals surface area contributed by atoms with Crippen molar-refractivity contribution in [3.05, 3.63) is 35.7 Å². The quantitative estimate of drug-likeness (QED) is 0.805. The second-order valence-corrected chi connectivity index (χ2v) is 7.43. The molecule has 136 valence electrons. The van der Waals surface area contributed by atoms with Gasteiger partial charge in [-0.3, -0.25) is 4.90 Å². The molecule has 0 amide bonds. The maximum Gasteiger partial charge on any atom is 0.168 e. The van der Waals surface area contributed by atoms with Crippen LogP contribution in [0.15, 0.2) is 24.3 Å². The van der Waals surface area contributed by atoms with Crippen molar-refractivity contribution in [2.75, 3.05) is 26.0 Å². The molecule has 25 heavy (non-hydrogen) atoms. The fraction of sp³-hybridized carbons (Fsp3) is 0.632. The van der Waals surface area contributed by atoms with Gasteiger partial charge in [-0.15, -0.1) is 5.10 Å². The fourth-order valence-corrected chi connectivity index (χ4v) is 3.62. The molecular formula is C19H30N6. The van der Waals surface area contributed by atoms with Crippen molar-refractivity contribution in [3.63, 3.8) is 0 Å². The molecule has 1 saturated carbocycles. The molecule has 6 nitrogen and oxygen atoms in total. The van der Waals surface area contributed by atoms with Crippen LogP contribution in [0.2, 0.25) is 0 Å². The Balaban J connectivity index is 1.71. The van der Waals surface area contributed by atoms with Gasteiger partial charge in [0.15, 0.2) is 5.82 Å². The highest BCUT2D eigenvalue weighted by Crippen LogP contribution is 2.30. The molecule has 0 N–H and O–H groups in total. The first kappa shape index (κ1) is 17.9. The van der Waals surface area contributed by atoms with Gasteiger partial charge in [0.1, 0.15) is 0 Å². The van der Waals surface area contributed by atoms with E-state index in [2.05, 4.69) is 82.3 Å². The van der Waals surface area contributed by atoms with Crippen LogP contribution in [0.1, 0.15) is 62.5 Å². The third kappa shape index (κ3) is 4.18. The first-order chi connectivity index (χ1) is 12.1. The van der Waals surface area contributed by atoms with Gasteiger partial charge in [0.25, 0.3) is 0 Å². The third-order valence-corrected chi connectivity index (χ3v) is 5.33. The van der Waals surface area contributed by atoms with Gasteiger partial charge < -0.3 is 4.90 Å². The van der Waals surface area contributed by atoms with Gasteiger partial charge in [0.2, 0.25) is 0 Å². The van der Waals surface area contributed by atoms with E-state index < -0.39 is 0 Å². The molecule has 6 heteroatoms. The number of hydrogen-bond donors (Lipinski definition) is 0. The van der Waals surface area contributed by atoms with Gasteiger partial charge in [-0.05, 0) is 54.9 Å². The van der Waals surface area contributed by atoms with Gasteiger partial charge in [-0.2, -0.15) is 0 Å². The second-order valence-electron chi connectivity index (χ2n) is 7.43. The van der Waals surface area contributed by atoms with Gasteiger partial charge in [-0.25, -0.2) is 4.68 Å². The summed E-state index contributed by atoms with van der Waals surface area (Å²) in [6.07, 6.45) is 6.29. The van der Waals surface area contributed by atoms with Crippen LogP contribution in [-0.2, 0) is 6.54 Å². The van der Waals surface area contributed by atoms with Crippen LogP contribution >= 0.6 is 0 Å². The number of rotatable bonds is 6. The smallest absolute Gasteiger partial charge is 0.168 e. The standard InChI is InChI=1S/C19H30N6/c1-15(19-20-21-22-25(19)17-10-6-5-7-11-17)24(4)14-16-9-8-12-18(13-16)23(2)3/h8-9,12-13,15,17H,5-7,10-11,14H2,1-4H3/t15-/m0/s1. The van der Waals surface area contributed by atoms with E-state index in [-0.39, 0.29) is 6.04 Å². The number of anilines is 1. The lowest BCUT2D eigenvalue weighted by Crippen LogP contribution is -2.27. The molecule has 0 bridgehead atoms. The Bertz CT molecular complexity index is 674. The lowest BCUT2D eigenvalue weighted by Gasteiger charge is -2.28. The van der Waals surface area contributed by atoms with Gasteiger partial charge >= 0.3 is 0 Å². The Kier molecular flexibility index (Phi) is 5.68. The van der Waals surface area contributed by atoms with Crippen LogP contribution in [0.3, 0.4) is 0 Å². The molecule has 0 unspecified atom stereocenters. The number of nitrogens with zero attached hydrogens (tertiary/aromatic N) is 6. The Hall–Kier alpha value is -1.95.